The van der Waals surface area contributed by atoms with Gasteiger partial charge in [0.05, 0.1) is 46.1 Å². The number of nitrogens with two attached hydrogens (primary N) is 1. The second-order valence-corrected chi connectivity index (χ2v) is 5.04. The highest BCUT2D eigenvalue weighted by atomic mass is 16.5. The lowest BCUT2D eigenvalue weighted by atomic mass is 10.1. The predicted octanol–water partition coefficient (Wildman–Crippen LogP) is 0.847. The van der Waals surface area contributed by atoms with E-state index >= 15 is 0 Å². The van der Waals surface area contributed by atoms with Crippen LogP contribution in [0.1, 0.15) is 26.7 Å². The van der Waals surface area contributed by atoms with Crippen LogP contribution in [0.15, 0.2) is 0 Å². The van der Waals surface area contributed by atoms with Crippen LogP contribution in [0.25, 0.3) is 0 Å². The number of carbonyl (C=O) groups excluding carboxylic acids is 1. The molecule has 0 aromatic carbocycles. The lowest BCUT2D eigenvalue weighted by molar-refractivity contribution is -0.131. The zero-order chi connectivity index (χ0) is 15.2. The molecule has 0 spiro atoms. The molecule has 1 amide bonds. The van der Waals surface area contributed by atoms with Crippen molar-refractivity contribution in [2.24, 2.45) is 11.7 Å². The van der Waals surface area contributed by atoms with Crippen molar-refractivity contribution in [3.05, 3.63) is 0 Å². The van der Waals surface area contributed by atoms with E-state index in [-0.39, 0.29) is 12.6 Å². The van der Waals surface area contributed by atoms with Gasteiger partial charge >= 0.3 is 0 Å². The van der Waals surface area contributed by atoms with Crippen LogP contribution in [0.4, 0.5) is 0 Å². The van der Waals surface area contributed by atoms with Crippen molar-refractivity contribution >= 4 is 5.91 Å². The number of carbonyl (C=O) groups is 1. The van der Waals surface area contributed by atoms with Gasteiger partial charge in [0.2, 0.25) is 5.91 Å². The normalized spacial score (nSPS) is 11.1. The maximum atomic E-state index is 11.4. The molecule has 0 rings (SSSR count). The van der Waals surface area contributed by atoms with E-state index in [9.17, 15) is 4.79 Å². The molecule has 20 heavy (non-hydrogen) atoms. The first-order chi connectivity index (χ1) is 9.57. The van der Waals surface area contributed by atoms with E-state index < -0.39 is 0 Å². The summed E-state index contributed by atoms with van der Waals surface area (Å²) in [5.41, 5.74) is 5.34. The van der Waals surface area contributed by atoms with Gasteiger partial charge in [-0.05, 0) is 12.3 Å². The molecule has 0 aliphatic heterocycles. The highest BCUT2D eigenvalue weighted by Crippen LogP contribution is 1.98. The fraction of sp³-hybridized carbons (Fsp3) is 0.929. The van der Waals surface area contributed by atoms with Gasteiger partial charge < -0.3 is 24.8 Å². The third-order valence-corrected chi connectivity index (χ3v) is 2.74. The molecule has 0 atom stereocenters. The average Bonchev–Trinajstić information content (AvgIpc) is 2.43. The van der Waals surface area contributed by atoms with E-state index in [0.29, 0.717) is 45.4 Å². The Labute approximate surface area is 122 Å². The van der Waals surface area contributed by atoms with Gasteiger partial charge in [0.25, 0.3) is 0 Å². The second kappa shape index (κ2) is 13.3. The summed E-state index contributed by atoms with van der Waals surface area (Å²) in [6, 6.07) is 0. The quantitative estimate of drug-likeness (QED) is 0.402. The van der Waals surface area contributed by atoms with Gasteiger partial charge in [0, 0.05) is 13.7 Å². The van der Waals surface area contributed by atoms with E-state index in [4.69, 9.17) is 19.9 Å². The molecule has 0 aliphatic rings. The number of hydrogen-bond donors (Lipinski definition) is 1. The number of nitrogens with zero attached hydrogens (tertiary/aromatic N) is 1. The highest BCUT2D eigenvalue weighted by Gasteiger charge is 2.05. The molecular weight excluding hydrogens is 260 g/mol. The molecule has 0 aromatic rings. The molecule has 0 saturated heterocycles. The van der Waals surface area contributed by atoms with Crippen molar-refractivity contribution in [3.63, 3.8) is 0 Å². The maximum absolute atomic E-state index is 11.4. The molecule has 6 heteroatoms. The molecule has 0 bridgehead atoms. The maximum Gasteiger partial charge on any atom is 0.225 e. The zero-order valence-corrected chi connectivity index (χ0v) is 13.1. The molecule has 0 saturated carbocycles. The van der Waals surface area contributed by atoms with Crippen LogP contribution in [0.2, 0.25) is 0 Å². The SMILES string of the molecule is CC(C)CCOCCOCCOCCC(=O)N(C)CN. The Morgan fingerprint density at radius 3 is 2.00 bits per heavy atom. The Balaban J connectivity index is 3.15. The topological polar surface area (TPSA) is 74.0 Å². The van der Waals surface area contributed by atoms with Gasteiger partial charge in [0.1, 0.15) is 0 Å². The van der Waals surface area contributed by atoms with Crippen molar-refractivity contribution in [1.29, 1.82) is 0 Å². The second-order valence-electron chi connectivity index (χ2n) is 5.04. The van der Waals surface area contributed by atoms with Crippen LogP contribution in [0, 0.1) is 5.92 Å². The van der Waals surface area contributed by atoms with Crippen LogP contribution < -0.4 is 5.73 Å². The fourth-order valence-electron chi connectivity index (χ4n) is 1.31. The van der Waals surface area contributed by atoms with Crippen LogP contribution >= 0.6 is 0 Å². The first-order valence-corrected chi connectivity index (χ1v) is 7.25. The third kappa shape index (κ3) is 12.3. The van der Waals surface area contributed by atoms with E-state index in [0.717, 1.165) is 13.0 Å². The van der Waals surface area contributed by atoms with E-state index in [1.165, 1.54) is 4.90 Å². The summed E-state index contributed by atoms with van der Waals surface area (Å²) in [5, 5.41) is 0. The molecule has 0 fully saturated rings. The molecule has 120 valence electrons. The lowest BCUT2D eigenvalue weighted by Crippen LogP contribution is -2.32. The molecule has 0 unspecified atom stereocenters. The molecule has 0 aromatic heterocycles. The average molecular weight is 290 g/mol. The van der Waals surface area contributed by atoms with Crippen molar-refractivity contribution in [2.75, 3.05) is 53.4 Å². The van der Waals surface area contributed by atoms with Gasteiger partial charge in [-0.1, -0.05) is 13.8 Å². The predicted molar refractivity (Wildman–Crippen MR) is 78.4 cm³/mol. The van der Waals surface area contributed by atoms with Crippen LogP contribution in [0.3, 0.4) is 0 Å². The minimum atomic E-state index is -0.00743. The largest absolute Gasteiger partial charge is 0.379 e. The van der Waals surface area contributed by atoms with Crippen molar-refractivity contribution in [3.8, 4) is 0 Å². The summed E-state index contributed by atoms with van der Waals surface area (Å²) in [7, 11) is 1.67. The Kier molecular flexibility index (Phi) is 12.8. The summed E-state index contributed by atoms with van der Waals surface area (Å²) in [6.45, 7) is 7.98. The first kappa shape index (κ1) is 19.3. The number of hydrogen-bond acceptors (Lipinski definition) is 5. The lowest BCUT2D eigenvalue weighted by Gasteiger charge is -2.13. The van der Waals surface area contributed by atoms with E-state index in [1.807, 2.05) is 0 Å². The van der Waals surface area contributed by atoms with Crippen LogP contribution in [0.5, 0.6) is 0 Å². The zero-order valence-electron chi connectivity index (χ0n) is 13.1. The Hall–Kier alpha value is -0.690. The molecular formula is C14H30N2O4. The molecule has 0 radical (unpaired) electrons. The number of ether oxygens (including phenoxy) is 3. The van der Waals surface area contributed by atoms with Gasteiger partial charge in [-0.2, -0.15) is 0 Å². The van der Waals surface area contributed by atoms with Crippen molar-refractivity contribution in [2.45, 2.75) is 26.7 Å². The van der Waals surface area contributed by atoms with E-state index in [2.05, 4.69) is 13.8 Å². The van der Waals surface area contributed by atoms with Gasteiger partial charge in [-0.25, -0.2) is 0 Å². The fourth-order valence-corrected chi connectivity index (χ4v) is 1.31. The van der Waals surface area contributed by atoms with Crippen LogP contribution in [-0.2, 0) is 19.0 Å². The summed E-state index contributed by atoms with van der Waals surface area (Å²) in [6.07, 6.45) is 1.43. The number of amides is 1. The monoisotopic (exact) mass is 290 g/mol. The molecule has 6 nitrogen and oxygen atoms in total. The van der Waals surface area contributed by atoms with Gasteiger partial charge in [-0.15, -0.1) is 0 Å². The highest BCUT2D eigenvalue weighted by molar-refractivity contribution is 5.75. The van der Waals surface area contributed by atoms with Gasteiger partial charge in [-0.3, -0.25) is 4.79 Å². The Morgan fingerprint density at radius 2 is 1.50 bits per heavy atom. The Morgan fingerprint density at radius 1 is 1.00 bits per heavy atom. The Bertz CT molecular complexity index is 237. The minimum absolute atomic E-state index is 0.00743. The summed E-state index contributed by atoms with van der Waals surface area (Å²) >= 11 is 0. The smallest absolute Gasteiger partial charge is 0.225 e. The van der Waals surface area contributed by atoms with E-state index in [1.54, 1.807) is 7.05 Å². The standard InChI is InChI=1S/C14H30N2O4/c1-13(2)4-6-18-8-10-20-11-9-19-7-5-14(17)16(3)12-15/h13H,4-12,15H2,1-3H3. The minimum Gasteiger partial charge on any atom is -0.379 e. The molecule has 0 aliphatic carbocycles. The molecule has 0 heterocycles. The summed E-state index contributed by atoms with van der Waals surface area (Å²) < 4.78 is 16.1. The summed E-state index contributed by atoms with van der Waals surface area (Å²) in [5.74, 6) is 0.664. The first-order valence-electron chi connectivity index (χ1n) is 7.25. The van der Waals surface area contributed by atoms with Crippen molar-refractivity contribution < 1.29 is 19.0 Å². The summed E-state index contributed by atoms with van der Waals surface area (Å²) in [4.78, 5) is 12.8. The van der Waals surface area contributed by atoms with Crippen LogP contribution in [-0.4, -0.2) is 64.2 Å². The number of rotatable bonds is 13. The third-order valence-electron chi connectivity index (χ3n) is 2.74. The van der Waals surface area contributed by atoms with Crippen molar-refractivity contribution in [1.82, 2.24) is 4.90 Å². The van der Waals surface area contributed by atoms with Gasteiger partial charge in [0.15, 0.2) is 0 Å². The molecule has 2 N–H and O–H groups in total.